The molecule has 0 saturated carbocycles. The first kappa shape index (κ1) is 83.4. The molecule has 9 heteroatoms. The second-order valence-corrected chi connectivity index (χ2v) is 26.3. The number of nitrogens with one attached hydrogen (secondary N) is 1. The maximum absolute atomic E-state index is 13.1. The third-order valence-corrected chi connectivity index (χ3v) is 16.3. The van der Waals surface area contributed by atoms with Crippen molar-refractivity contribution in [3.05, 3.63) is 146 Å². The lowest BCUT2D eigenvalue weighted by Crippen LogP contribution is -2.45. The fourth-order valence-electron chi connectivity index (χ4n) is 9.81. The molecule has 0 bridgehead atoms. The molecule has 0 aromatic heterocycles. The molecule has 1 amide bonds. The zero-order chi connectivity index (χ0) is 63.4. The molecule has 87 heavy (non-hydrogen) atoms. The van der Waals surface area contributed by atoms with E-state index < -0.39 is 20.0 Å². The fraction of sp³-hybridized carbons (Fsp3) is 0.679. The maximum atomic E-state index is 13.1. The molecule has 0 aliphatic rings. The SMILES string of the molecule is CC/C=C\C/C=C\C/C=C\C/C=C\C/C=C\C/C=C\C/C=C\C/C=C\C/C=C\C/C=C\C/C=C\CCCCCCCC(=O)NC(COP(=O)(O)OCC[N+](C)(C)C)C(O)/C=C/CCCCCCCCCCCCCCCCCCCCCCCCCC. The van der Waals surface area contributed by atoms with Crippen molar-refractivity contribution < 1.29 is 32.9 Å². The number of unbranched alkanes of at least 4 members (excludes halogenated alkanes) is 29. The monoisotopic (exact) mass is 1230 g/mol. The number of nitrogens with zero attached hydrogens (tertiary/aromatic N) is 1. The van der Waals surface area contributed by atoms with Gasteiger partial charge in [-0.05, 0) is 103 Å². The van der Waals surface area contributed by atoms with Crippen molar-refractivity contribution >= 4 is 13.7 Å². The molecule has 0 rings (SSSR count). The Labute approximate surface area is 538 Å². The van der Waals surface area contributed by atoms with E-state index in [1.165, 1.54) is 141 Å². The Bertz CT molecular complexity index is 1930. The molecule has 3 unspecified atom stereocenters. The van der Waals surface area contributed by atoms with Crippen LogP contribution in [-0.2, 0) is 18.4 Å². The summed E-state index contributed by atoms with van der Waals surface area (Å²) in [4.78, 5) is 23.4. The highest BCUT2D eigenvalue weighted by Gasteiger charge is 2.28. The standard InChI is InChI=1S/C78H135N2O6P/c1-6-8-10-12-14-16-18-20-22-24-26-28-30-32-34-35-36-37-38-39-40-41-42-43-44-45-46-48-50-52-54-56-58-60-62-64-66-68-70-72-78(82)79-76(75-86-87(83,84)85-74-73-80(3,4)5)77(81)71-69-67-65-63-61-59-57-55-53-51-49-47-33-31-29-27-25-23-21-19-17-15-13-11-9-7-2/h8,10,14,16,20,22,26,28,32,34,36-37,39-40,42-43,45-46,50,52,56,58,69,71,76-77,81H,6-7,9,11-13,15,17-19,21,23-25,27,29-31,33,35,38,41,44,47-49,51,53-55,57,59-68,70,72-75H2,1-5H3,(H-,79,82,83,84)/p+1/b10-8-,16-14-,22-20-,28-26-,34-32-,37-36-,40-39-,43-42-,46-45-,52-50-,58-56-,71-69+. The Morgan fingerprint density at radius 2 is 0.690 bits per heavy atom. The van der Waals surface area contributed by atoms with Crippen LogP contribution in [0.4, 0.5) is 0 Å². The molecule has 8 nitrogen and oxygen atoms in total. The number of rotatable bonds is 64. The van der Waals surface area contributed by atoms with Crippen LogP contribution in [0.1, 0.15) is 290 Å². The van der Waals surface area contributed by atoms with E-state index in [4.69, 9.17) is 9.05 Å². The van der Waals surface area contributed by atoms with Crippen LogP contribution in [0.25, 0.3) is 0 Å². The van der Waals surface area contributed by atoms with Crippen molar-refractivity contribution in [1.29, 1.82) is 0 Å². The molecular formula is C78H136N2O6P+. The normalized spacial score (nSPS) is 14.5. The zero-order valence-electron chi connectivity index (χ0n) is 57.0. The number of phosphoric ester groups is 1. The molecule has 0 aromatic carbocycles. The highest BCUT2D eigenvalue weighted by atomic mass is 31.2. The quantitative estimate of drug-likeness (QED) is 0.0243. The second kappa shape index (κ2) is 66.8. The topological polar surface area (TPSA) is 105 Å². The molecule has 0 fully saturated rings. The number of quaternary nitrogens is 1. The predicted molar refractivity (Wildman–Crippen MR) is 382 cm³/mol. The van der Waals surface area contributed by atoms with Crippen molar-refractivity contribution in [3.63, 3.8) is 0 Å². The van der Waals surface area contributed by atoms with E-state index in [9.17, 15) is 19.4 Å². The number of hydrogen-bond donors (Lipinski definition) is 3. The number of phosphoric acid groups is 1. The molecule has 498 valence electrons. The lowest BCUT2D eigenvalue weighted by molar-refractivity contribution is -0.870. The molecule has 0 spiro atoms. The number of allylic oxidation sites excluding steroid dienone is 23. The van der Waals surface area contributed by atoms with E-state index >= 15 is 0 Å². The lowest BCUT2D eigenvalue weighted by Gasteiger charge is -2.25. The van der Waals surface area contributed by atoms with Crippen molar-refractivity contribution in [2.75, 3.05) is 40.9 Å². The summed E-state index contributed by atoms with van der Waals surface area (Å²) in [5, 5.41) is 14.0. The first-order valence-corrected chi connectivity index (χ1v) is 37.2. The minimum Gasteiger partial charge on any atom is -0.387 e. The van der Waals surface area contributed by atoms with Gasteiger partial charge in [-0.3, -0.25) is 13.8 Å². The van der Waals surface area contributed by atoms with Crippen LogP contribution in [0, 0.1) is 0 Å². The van der Waals surface area contributed by atoms with Gasteiger partial charge in [0.25, 0.3) is 0 Å². The summed E-state index contributed by atoms with van der Waals surface area (Å²) in [6.45, 7) is 4.70. The van der Waals surface area contributed by atoms with Crippen LogP contribution in [0.2, 0.25) is 0 Å². The van der Waals surface area contributed by atoms with Crippen molar-refractivity contribution in [2.24, 2.45) is 0 Å². The summed E-state index contributed by atoms with van der Waals surface area (Å²) in [5.74, 6) is -0.199. The summed E-state index contributed by atoms with van der Waals surface area (Å²) in [6, 6.07) is -0.870. The van der Waals surface area contributed by atoms with Crippen molar-refractivity contribution in [2.45, 2.75) is 302 Å². The van der Waals surface area contributed by atoms with Gasteiger partial charge in [-0.15, -0.1) is 0 Å². The van der Waals surface area contributed by atoms with Gasteiger partial charge in [0.2, 0.25) is 5.91 Å². The van der Waals surface area contributed by atoms with E-state index in [1.54, 1.807) is 6.08 Å². The van der Waals surface area contributed by atoms with Gasteiger partial charge in [0.1, 0.15) is 13.2 Å². The number of hydrogen-bond acceptors (Lipinski definition) is 5. The average Bonchev–Trinajstić information content (AvgIpc) is 3.69. The molecule has 3 atom stereocenters. The zero-order valence-corrected chi connectivity index (χ0v) is 57.9. The minimum absolute atomic E-state index is 0.0504. The Kier molecular flexibility index (Phi) is 64.0. The van der Waals surface area contributed by atoms with Crippen LogP contribution >= 0.6 is 7.82 Å². The van der Waals surface area contributed by atoms with Crippen molar-refractivity contribution in [3.8, 4) is 0 Å². The molecular weight excluding hydrogens is 1090 g/mol. The van der Waals surface area contributed by atoms with Crippen LogP contribution in [-0.4, -0.2) is 73.4 Å². The van der Waals surface area contributed by atoms with Gasteiger partial charge in [-0.1, -0.05) is 327 Å². The lowest BCUT2D eigenvalue weighted by atomic mass is 10.0. The van der Waals surface area contributed by atoms with Gasteiger partial charge in [0, 0.05) is 6.42 Å². The molecule has 0 heterocycles. The van der Waals surface area contributed by atoms with E-state index in [0.29, 0.717) is 17.4 Å². The predicted octanol–water partition coefficient (Wildman–Crippen LogP) is 23.2. The summed E-state index contributed by atoms with van der Waals surface area (Å²) in [7, 11) is 1.54. The molecule has 0 aromatic rings. The molecule has 0 aliphatic heterocycles. The van der Waals surface area contributed by atoms with Gasteiger partial charge in [0.15, 0.2) is 0 Å². The first-order chi connectivity index (χ1) is 42.5. The number of aliphatic hydroxyl groups excluding tert-OH is 1. The highest BCUT2D eigenvalue weighted by molar-refractivity contribution is 7.47. The van der Waals surface area contributed by atoms with E-state index in [0.717, 1.165) is 128 Å². The maximum Gasteiger partial charge on any atom is 0.472 e. The fourth-order valence-corrected chi connectivity index (χ4v) is 10.5. The third kappa shape index (κ3) is 69.7. The summed E-state index contributed by atoms with van der Waals surface area (Å²) < 4.78 is 23.8. The van der Waals surface area contributed by atoms with Gasteiger partial charge in [-0.25, -0.2) is 4.57 Å². The number of amides is 1. The van der Waals surface area contributed by atoms with Gasteiger partial charge < -0.3 is 19.8 Å². The third-order valence-electron chi connectivity index (χ3n) is 15.3. The Morgan fingerprint density at radius 3 is 1.01 bits per heavy atom. The minimum atomic E-state index is -4.37. The molecule has 0 aliphatic carbocycles. The smallest absolute Gasteiger partial charge is 0.387 e. The second-order valence-electron chi connectivity index (χ2n) is 24.9. The summed E-state index contributed by atoms with van der Waals surface area (Å²) in [6.07, 6.45) is 103. The van der Waals surface area contributed by atoms with Crippen LogP contribution < -0.4 is 5.32 Å². The van der Waals surface area contributed by atoms with Gasteiger partial charge >= 0.3 is 7.82 Å². The van der Waals surface area contributed by atoms with E-state index in [-0.39, 0.29) is 19.1 Å². The Hall–Kier alpha value is -3.62. The summed E-state index contributed by atoms with van der Waals surface area (Å²) >= 11 is 0. The van der Waals surface area contributed by atoms with Gasteiger partial charge in [0.05, 0.1) is 39.9 Å². The van der Waals surface area contributed by atoms with E-state index in [1.807, 2.05) is 27.2 Å². The summed E-state index contributed by atoms with van der Waals surface area (Å²) in [5.41, 5.74) is 0. The number of carbonyl (C=O) groups is 1. The van der Waals surface area contributed by atoms with Crippen molar-refractivity contribution in [1.82, 2.24) is 5.32 Å². The Morgan fingerprint density at radius 1 is 0.402 bits per heavy atom. The van der Waals surface area contributed by atoms with E-state index in [2.05, 4.69) is 153 Å². The van der Waals surface area contributed by atoms with Crippen LogP contribution in [0.15, 0.2) is 146 Å². The van der Waals surface area contributed by atoms with Crippen LogP contribution in [0.3, 0.4) is 0 Å². The number of likely N-dealkylation sites (N-methyl/N-ethyl adjacent to an activating group) is 1. The largest absolute Gasteiger partial charge is 0.472 e. The van der Waals surface area contributed by atoms with Crippen LogP contribution in [0.5, 0.6) is 0 Å². The molecule has 3 N–H and O–H groups in total. The average molecular weight is 1230 g/mol. The molecule has 0 radical (unpaired) electrons. The first-order valence-electron chi connectivity index (χ1n) is 35.7. The molecule has 0 saturated heterocycles. The Balaban J connectivity index is 4.19. The number of carbonyl (C=O) groups excluding carboxylic acids is 1. The van der Waals surface area contributed by atoms with Gasteiger partial charge in [-0.2, -0.15) is 0 Å². The number of aliphatic hydroxyl groups is 1. The highest BCUT2D eigenvalue weighted by Crippen LogP contribution is 2.43.